The number of rotatable bonds is 6. The summed E-state index contributed by atoms with van der Waals surface area (Å²) in [7, 11) is 1.65. The molecule has 19 heavy (non-hydrogen) atoms. The molecule has 108 valence electrons. The van der Waals surface area contributed by atoms with E-state index in [1.165, 1.54) is 0 Å². The van der Waals surface area contributed by atoms with Crippen LogP contribution in [-0.4, -0.2) is 66.5 Å². The smallest absolute Gasteiger partial charge is 0.162 e. The largest absolute Gasteiger partial charge is 0.395 e. The third-order valence-electron chi connectivity index (χ3n) is 3.38. The third-order valence-corrected chi connectivity index (χ3v) is 3.38. The molecule has 0 radical (unpaired) electrons. The minimum Gasteiger partial charge on any atom is -0.395 e. The van der Waals surface area contributed by atoms with E-state index in [-0.39, 0.29) is 6.61 Å². The zero-order valence-electron chi connectivity index (χ0n) is 11.5. The summed E-state index contributed by atoms with van der Waals surface area (Å²) in [5, 5.41) is 13.0. The van der Waals surface area contributed by atoms with E-state index in [2.05, 4.69) is 15.0 Å². The lowest BCUT2D eigenvalue weighted by Gasteiger charge is -2.20. The Bertz CT molecular complexity index is 370. The van der Waals surface area contributed by atoms with Gasteiger partial charge in [-0.1, -0.05) is 5.16 Å². The number of aliphatic hydroxyl groups excluding tert-OH is 1. The SMILES string of the molecule is COCc1cc(CN2CCCN(CCO)CC2)no1. The van der Waals surface area contributed by atoms with E-state index in [0.717, 1.165) is 57.1 Å². The lowest BCUT2D eigenvalue weighted by Crippen LogP contribution is -2.32. The molecule has 6 nitrogen and oxygen atoms in total. The molecule has 0 aromatic carbocycles. The van der Waals surface area contributed by atoms with Crippen LogP contribution < -0.4 is 0 Å². The zero-order valence-corrected chi connectivity index (χ0v) is 11.5. The van der Waals surface area contributed by atoms with Crippen LogP contribution in [0.1, 0.15) is 17.9 Å². The maximum absolute atomic E-state index is 8.98. The van der Waals surface area contributed by atoms with Crippen molar-refractivity contribution in [3.05, 3.63) is 17.5 Å². The number of nitrogens with zero attached hydrogens (tertiary/aromatic N) is 3. The van der Waals surface area contributed by atoms with Crippen LogP contribution in [0, 0.1) is 0 Å². The van der Waals surface area contributed by atoms with E-state index in [0.29, 0.717) is 6.61 Å². The van der Waals surface area contributed by atoms with Gasteiger partial charge in [0.2, 0.25) is 0 Å². The van der Waals surface area contributed by atoms with Crippen LogP contribution in [0.4, 0.5) is 0 Å². The van der Waals surface area contributed by atoms with Gasteiger partial charge in [0.1, 0.15) is 6.61 Å². The van der Waals surface area contributed by atoms with Gasteiger partial charge in [0.15, 0.2) is 5.76 Å². The Hall–Kier alpha value is -0.950. The molecular formula is C13H23N3O3. The molecule has 0 amide bonds. The highest BCUT2D eigenvalue weighted by molar-refractivity contribution is 5.04. The van der Waals surface area contributed by atoms with Crippen molar-refractivity contribution >= 4 is 0 Å². The Morgan fingerprint density at radius 3 is 2.89 bits per heavy atom. The molecule has 0 atom stereocenters. The molecule has 0 saturated carbocycles. The molecule has 0 spiro atoms. The molecule has 0 unspecified atom stereocenters. The van der Waals surface area contributed by atoms with Crippen molar-refractivity contribution in [3.8, 4) is 0 Å². The van der Waals surface area contributed by atoms with E-state index < -0.39 is 0 Å². The fourth-order valence-corrected chi connectivity index (χ4v) is 2.42. The lowest BCUT2D eigenvalue weighted by atomic mass is 10.3. The predicted molar refractivity (Wildman–Crippen MR) is 70.6 cm³/mol. The summed E-state index contributed by atoms with van der Waals surface area (Å²) < 4.78 is 10.2. The Kier molecular flexibility index (Phi) is 5.78. The first kappa shape index (κ1) is 14.5. The Balaban J connectivity index is 1.81. The zero-order chi connectivity index (χ0) is 13.5. The van der Waals surface area contributed by atoms with Crippen molar-refractivity contribution < 1.29 is 14.4 Å². The summed E-state index contributed by atoms with van der Waals surface area (Å²) >= 11 is 0. The topological polar surface area (TPSA) is 62.0 Å². The number of methoxy groups -OCH3 is 1. The van der Waals surface area contributed by atoms with Crippen molar-refractivity contribution in [2.24, 2.45) is 0 Å². The molecule has 2 heterocycles. The van der Waals surface area contributed by atoms with Crippen LogP contribution in [-0.2, 0) is 17.9 Å². The molecule has 6 heteroatoms. The normalized spacial score (nSPS) is 18.6. The summed E-state index contributed by atoms with van der Waals surface area (Å²) in [5.41, 5.74) is 0.961. The Labute approximate surface area is 113 Å². The fraction of sp³-hybridized carbons (Fsp3) is 0.769. The van der Waals surface area contributed by atoms with Crippen LogP contribution in [0.25, 0.3) is 0 Å². The highest BCUT2D eigenvalue weighted by atomic mass is 16.5. The van der Waals surface area contributed by atoms with Crippen LogP contribution in [0.2, 0.25) is 0 Å². The molecule has 2 rings (SSSR count). The fourth-order valence-electron chi connectivity index (χ4n) is 2.42. The van der Waals surface area contributed by atoms with Gasteiger partial charge in [-0.15, -0.1) is 0 Å². The van der Waals surface area contributed by atoms with Gasteiger partial charge in [-0.2, -0.15) is 0 Å². The molecule has 1 aliphatic rings. The van der Waals surface area contributed by atoms with Crippen LogP contribution in [0.3, 0.4) is 0 Å². The molecule has 1 N–H and O–H groups in total. The van der Waals surface area contributed by atoms with Gasteiger partial charge in [0.25, 0.3) is 0 Å². The predicted octanol–water partition coefficient (Wildman–Crippen LogP) is 0.321. The number of aromatic nitrogens is 1. The highest BCUT2D eigenvalue weighted by Gasteiger charge is 2.16. The molecule has 0 bridgehead atoms. The van der Waals surface area contributed by atoms with E-state index in [9.17, 15) is 0 Å². The maximum atomic E-state index is 8.98. The second kappa shape index (κ2) is 7.59. The van der Waals surface area contributed by atoms with Gasteiger partial charge in [-0.05, 0) is 19.5 Å². The van der Waals surface area contributed by atoms with E-state index >= 15 is 0 Å². The minimum absolute atomic E-state index is 0.240. The monoisotopic (exact) mass is 269 g/mol. The third kappa shape index (κ3) is 4.58. The Morgan fingerprint density at radius 1 is 1.32 bits per heavy atom. The number of β-amino-alcohol motifs (C(OH)–C–C–N with tert-alkyl or cyclic N) is 1. The van der Waals surface area contributed by atoms with Crippen molar-refractivity contribution in [2.45, 2.75) is 19.6 Å². The number of hydrogen-bond donors (Lipinski definition) is 1. The van der Waals surface area contributed by atoms with Crippen LogP contribution >= 0.6 is 0 Å². The summed E-state index contributed by atoms with van der Waals surface area (Å²) in [5.74, 6) is 0.772. The first-order chi connectivity index (χ1) is 9.31. The second-order valence-corrected chi connectivity index (χ2v) is 4.91. The van der Waals surface area contributed by atoms with Gasteiger partial charge in [-0.3, -0.25) is 9.80 Å². The molecular weight excluding hydrogens is 246 g/mol. The molecule has 1 aliphatic heterocycles. The summed E-state index contributed by atoms with van der Waals surface area (Å²) in [6.45, 7) is 6.44. The highest BCUT2D eigenvalue weighted by Crippen LogP contribution is 2.10. The van der Waals surface area contributed by atoms with Gasteiger partial charge >= 0.3 is 0 Å². The quantitative estimate of drug-likeness (QED) is 0.802. The van der Waals surface area contributed by atoms with Gasteiger partial charge in [0, 0.05) is 39.4 Å². The van der Waals surface area contributed by atoms with Crippen LogP contribution in [0.5, 0.6) is 0 Å². The number of aliphatic hydroxyl groups is 1. The maximum Gasteiger partial charge on any atom is 0.162 e. The average Bonchev–Trinajstić information content (AvgIpc) is 2.71. The van der Waals surface area contributed by atoms with E-state index in [4.69, 9.17) is 14.4 Å². The van der Waals surface area contributed by atoms with Gasteiger partial charge in [-0.25, -0.2) is 0 Å². The summed E-state index contributed by atoms with van der Waals surface area (Å²) in [4.78, 5) is 4.69. The van der Waals surface area contributed by atoms with Crippen LogP contribution in [0.15, 0.2) is 10.6 Å². The second-order valence-electron chi connectivity index (χ2n) is 4.91. The first-order valence-electron chi connectivity index (χ1n) is 6.81. The van der Waals surface area contributed by atoms with Gasteiger partial charge in [0.05, 0.1) is 12.3 Å². The molecule has 0 aliphatic carbocycles. The lowest BCUT2D eigenvalue weighted by molar-refractivity contribution is 0.155. The first-order valence-corrected chi connectivity index (χ1v) is 6.81. The summed E-state index contributed by atoms with van der Waals surface area (Å²) in [6, 6.07) is 1.96. The van der Waals surface area contributed by atoms with Crippen molar-refractivity contribution in [3.63, 3.8) is 0 Å². The summed E-state index contributed by atoms with van der Waals surface area (Å²) in [6.07, 6.45) is 1.13. The van der Waals surface area contributed by atoms with Crippen molar-refractivity contribution in [1.29, 1.82) is 0 Å². The standard InChI is InChI=1S/C13H23N3O3/c1-18-11-13-9-12(14-19-13)10-16-4-2-3-15(5-6-16)7-8-17/h9,17H,2-8,10-11H2,1H3. The molecule has 1 aromatic heterocycles. The molecule has 1 fully saturated rings. The molecule has 1 saturated heterocycles. The van der Waals surface area contributed by atoms with E-state index in [1.807, 2.05) is 6.07 Å². The van der Waals surface area contributed by atoms with Gasteiger partial charge < -0.3 is 14.4 Å². The minimum atomic E-state index is 0.240. The Morgan fingerprint density at radius 2 is 2.11 bits per heavy atom. The van der Waals surface area contributed by atoms with Crippen molar-refractivity contribution in [1.82, 2.24) is 15.0 Å². The molecule has 1 aromatic rings. The number of hydrogen-bond acceptors (Lipinski definition) is 6. The van der Waals surface area contributed by atoms with Crippen molar-refractivity contribution in [2.75, 3.05) is 46.4 Å². The average molecular weight is 269 g/mol. The van der Waals surface area contributed by atoms with E-state index in [1.54, 1.807) is 7.11 Å². The number of ether oxygens (including phenoxy) is 1.